The van der Waals surface area contributed by atoms with Gasteiger partial charge in [-0.1, -0.05) is 20.3 Å². The van der Waals surface area contributed by atoms with Gasteiger partial charge >= 0.3 is 0 Å². The predicted molar refractivity (Wildman–Crippen MR) is 82.9 cm³/mol. The van der Waals surface area contributed by atoms with E-state index in [9.17, 15) is 4.79 Å². The van der Waals surface area contributed by atoms with Crippen molar-refractivity contribution in [3.05, 3.63) is 21.0 Å². The Morgan fingerprint density at radius 3 is 3.00 bits per heavy atom. The van der Waals surface area contributed by atoms with E-state index < -0.39 is 0 Å². The lowest BCUT2D eigenvalue weighted by molar-refractivity contribution is 0.229. The molecule has 1 unspecified atom stereocenters. The third-order valence-corrected chi connectivity index (χ3v) is 4.63. The van der Waals surface area contributed by atoms with Crippen molar-refractivity contribution in [3.63, 3.8) is 0 Å². The molecule has 2 rings (SSSR count). The number of rotatable bonds is 4. The molecule has 0 radical (unpaired) electrons. The largest absolute Gasteiger partial charge is 0.394 e. The highest BCUT2D eigenvalue weighted by molar-refractivity contribution is 9.10. The Hall–Kier alpha value is -0.880. The molecule has 0 aromatic carbocycles. The summed E-state index contributed by atoms with van der Waals surface area (Å²) in [6, 6.07) is 0.380. The first-order chi connectivity index (χ1) is 9.43. The van der Waals surface area contributed by atoms with Crippen LogP contribution in [0.1, 0.15) is 39.5 Å². The molecule has 112 valence electrons. The smallest absolute Gasteiger partial charge is 0.283 e. The minimum absolute atomic E-state index is 0.0943. The minimum atomic E-state index is -0.209. The third-order valence-electron chi connectivity index (χ3n) is 3.86. The number of aromatic nitrogens is 2. The summed E-state index contributed by atoms with van der Waals surface area (Å²) in [6.07, 6.45) is 6.33. The quantitative estimate of drug-likeness (QED) is 0.880. The predicted octanol–water partition coefficient (Wildman–Crippen LogP) is 2.38. The van der Waals surface area contributed by atoms with Crippen LogP contribution in [0.4, 0.5) is 5.69 Å². The summed E-state index contributed by atoms with van der Waals surface area (Å²) >= 11 is 3.34. The Labute approximate surface area is 127 Å². The molecule has 20 heavy (non-hydrogen) atoms. The standard InChI is InChI=1S/C14H22BrN3O2/c1-14(2)5-3-4-10(8-14)17-11-9-16-18(6-7-19)13(20)12(11)15/h9-10,17,19H,3-8H2,1-2H3. The zero-order valence-electron chi connectivity index (χ0n) is 12.0. The van der Waals surface area contributed by atoms with Crippen molar-refractivity contribution in [3.8, 4) is 0 Å². The fraction of sp³-hybridized carbons (Fsp3) is 0.714. The van der Waals surface area contributed by atoms with Crippen molar-refractivity contribution in [2.45, 2.75) is 52.1 Å². The molecule has 0 bridgehead atoms. The van der Waals surface area contributed by atoms with Gasteiger partial charge in [0.2, 0.25) is 0 Å². The molecule has 1 heterocycles. The molecule has 0 amide bonds. The molecule has 0 aliphatic heterocycles. The van der Waals surface area contributed by atoms with E-state index in [-0.39, 0.29) is 18.7 Å². The normalized spacial score (nSPS) is 21.7. The number of hydrogen-bond acceptors (Lipinski definition) is 4. The topological polar surface area (TPSA) is 67.2 Å². The van der Waals surface area contributed by atoms with Gasteiger partial charge in [-0.25, -0.2) is 4.68 Å². The van der Waals surface area contributed by atoms with Gasteiger partial charge in [0.1, 0.15) is 4.47 Å². The van der Waals surface area contributed by atoms with Gasteiger partial charge in [-0.15, -0.1) is 0 Å². The maximum Gasteiger partial charge on any atom is 0.283 e. The van der Waals surface area contributed by atoms with Crippen molar-refractivity contribution in [2.24, 2.45) is 5.41 Å². The van der Waals surface area contributed by atoms with Crippen LogP contribution in [0.5, 0.6) is 0 Å². The second-order valence-corrected chi connectivity index (χ2v) is 7.02. The van der Waals surface area contributed by atoms with Gasteiger partial charge in [-0.3, -0.25) is 4.79 Å². The SMILES string of the molecule is CC1(C)CCCC(Nc2cnn(CCO)c(=O)c2Br)C1. The molecule has 1 aromatic heterocycles. The lowest BCUT2D eigenvalue weighted by atomic mass is 9.75. The first kappa shape index (κ1) is 15.5. The van der Waals surface area contributed by atoms with Crippen molar-refractivity contribution in [2.75, 3.05) is 11.9 Å². The van der Waals surface area contributed by atoms with Crippen LogP contribution < -0.4 is 10.9 Å². The van der Waals surface area contributed by atoms with Gasteiger partial charge in [-0.2, -0.15) is 5.10 Å². The first-order valence-electron chi connectivity index (χ1n) is 7.06. The number of aliphatic hydroxyl groups excluding tert-OH is 1. The van der Waals surface area contributed by atoms with Gasteiger partial charge < -0.3 is 10.4 Å². The molecule has 1 saturated carbocycles. The van der Waals surface area contributed by atoms with Gasteiger partial charge in [0, 0.05) is 6.04 Å². The van der Waals surface area contributed by atoms with E-state index in [1.54, 1.807) is 6.20 Å². The van der Waals surface area contributed by atoms with Crippen LogP contribution in [0.15, 0.2) is 15.5 Å². The van der Waals surface area contributed by atoms with Crippen LogP contribution in [0.25, 0.3) is 0 Å². The summed E-state index contributed by atoms with van der Waals surface area (Å²) in [5, 5.41) is 16.4. The zero-order valence-corrected chi connectivity index (χ0v) is 13.6. The molecule has 2 N–H and O–H groups in total. The summed E-state index contributed by atoms with van der Waals surface area (Å²) < 4.78 is 1.75. The van der Waals surface area contributed by atoms with Crippen LogP contribution in [-0.2, 0) is 6.54 Å². The Morgan fingerprint density at radius 1 is 1.60 bits per heavy atom. The molecule has 6 heteroatoms. The number of nitrogens with one attached hydrogen (secondary N) is 1. The number of halogens is 1. The summed E-state index contributed by atoms with van der Waals surface area (Å²) in [7, 11) is 0. The van der Waals surface area contributed by atoms with Gasteiger partial charge in [-0.05, 0) is 40.6 Å². The molecule has 1 atom stereocenters. The first-order valence-corrected chi connectivity index (χ1v) is 7.85. The highest BCUT2D eigenvalue weighted by Gasteiger charge is 2.28. The summed E-state index contributed by atoms with van der Waals surface area (Å²) in [5.41, 5.74) is 0.882. The van der Waals surface area contributed by atoms with Crippen LogP contribution >= 0.6 is 15.9 Å². The number of hydrogen-bond donors (Lipinski definition) is 2. The van der Waals surface area contributed by atoms with E-state index in [4.69, 9.17) is 5.11 Å². The fourth-order valence-electron chi connectivity index (χ4n) is 2.86. The average Bonchev–Trinajstić information content (AvgIpc) is 2.37. The van der Waals surface area contributed by atoms with E-state index in [0.717, 1.165) is 18.5 Å². The van der Waals surface area contributed by atoms with E-state index in [2.05, 4.69) is 40.2 Å². The van der Waals surface area contributed by atoms with Crippen molar-refractivity contribution in [1.29, 1.82) is 0 Å². The summed E-state index contributed by atoms with van der Waals surface area (Å²) in [6.45, 7) is 4.69. The molecule has 1 aliphatic rings. The zero-order chi connectivity index (χ0) is 14.8. The van der Waals surface area contributed by atoms with Crippen molar-refractivity contribution >= 4 is 21.6 Å². The molecule has 1 fully saturated rings. The van der Waals surface area contributed by atoms with Crippen LogP contribution in [0.2, 0.25) is 0 Å². The maximum atomic E-state index is 12.1. The van der Waals surface area contributed by atoms with Crippen molar-refractivity contribution in [1.82, 2.24) is 9.78 Å². The monoisotopic (exact) mass is 343 g/mol. The molecule has 0 saturated heterocycles. The van der Waals surface area contributed by atoms with Gasteiger partial charge in [0.25, 0.3) is 5.56 Å². The number of aliphatic hydroxyl groups is 1. The lowest BCUT2D eigenvalue weighted by Gasteiger charge is -2.36. The van der Waals surface area contributed by atoms with E-state index >= 15 is 0 Å². The maximum absolute atomic E-state index is 12.1. The molecule has 1 aliphatic carbocycles. The average molecular weight is 344 g/mol. The molecule has 1 aromatic rings. The minimum Gasteiger partial charge on any atom is -0.394 e. The van der Waals surface area contributed by atoms with E-state index in [1.807, 2.05) is 0 Å². The third kappa shape index (κ3) is 3.61. The summed E-state index contributed by atoms with van der Waals surface area (Å²) in [4.78, 5) is 12.1. The van der Waals surface area contributed by atoms with E-state index in [0.29, 0.717) is 15.9 Å². The number of nitrogens with zero attached hydrogens (tertiary/aromatic N) is 2. The molecular formula is C14H22BrN3O2. The molecule has 0 spiro atoms. The Bertz CT molecular complexity index is 528. The van der Waals surface area contributed by atoms with Gasteiger partial charge in [0.05, 0.1) is 25.0 Å². The Kier molecular flexibility index (Phi) is 4.86. The fourth-order valence-corrected chi connectivity index (χ4v) is 3.28. The molecular weight excluding hydrogens is 322 g/mol. The summed E-state index contributed by atoms with van der Waals surface area (Å²) in [5.74, 6) is 0. The van der Waals surface area contributed by atoms with Gasteiger partial charge in [0.15, 0.2) is 0 Å². The van der Waals surface area contributed by atoms with Crippen LogP contribution in [-0.4, -0.2) is 27.5 Å². The Balaban J connectivity index is 2.14. The van der Waals surface area contributed by atoms with Crippen molar-refractivity contribution < 1.29 is 5.11 Å². The second kappa shape index (κ2) is 6.26. The van der Waals surface area contributed by atoms with E-state index in [1.165, 1.54) is 17.5 Å². The number of anilines is 1. The second-order valence-electron chi connectivity index (χ2n) is 6.23. The van der Waals surface area contributed by atoms with Crippen LogP contribution in [0.3, 0.4) is 0 Å². The lowest BCUT2D eigenvalue weighted by Crippen LogP contribution is -2.33. The highest BCUT2D eigenvalue weighted by Crippen LogP contribution is 2.36. The molecule has 5 nitrogen and oxygen atoms in total. The highest BCUT2D eigenvalue weighted by atomic mass is 79.9. The Morgan fingerprint density at radius 2 is 2.35 bits per heavy atom. The van der Waals surface area contributed by atoms with Crippen LogP contribution in [0, 0.1) is 5.41 Å².